The number of hydrogen-bond donors (Lipinski definition) is 1. The van der Waals surface area contributed by atoms with Crippen LogP contribution in [-0.4, -0.2) is 39.6 Å². The number of hydrogen-bond acceptors (Lipinski definition) is 5. The van der Waals surface area contributed by atoms with Gasteiger partial charge in [-0.05, 0) is 41.1 Å². The molecule has 1 atom stereocenters. The molecule has 0 saturated heterocycles. The maximum atomic E-state index is 14.1. The Balaban J connectivity index is 2.36. The van der Waals surface area contributed by atoms with Crippen LogP contribution in [0.3, 0.4) is 0 Å². The van der Waals surface area contributed by atoms with Gasteiger partial charge in [-0.15, -0.1) is 0 Å². The van der Waals surface area contributed by atoms with Crippen molar-refractivity contribution in [3.8, 4) is 5.75 Å². The summed E-state index contributed by atoms with van der Waals surface area (Å²) >= 11 is 9.09. The average Bonchev–Trinajstić information content (AvgIpc) is 3.06. The summed E-state index contributed by atoms with van der Waals surface area (Å²) < 4.78 is 51.0. The van der Waals surface area contributed by atoms with Crippen LogP contribution in [0.15, 0.2) is 34.9 Å². The second-order valence-corrected chi connectivity index (χ2v) is 7.77. The highest BCUT2D eigenvalue weighted by Gasteiger charge is 2.32. The van der Waals surface area contributed by atoms with Crippen LogP contribution >= 0.6 is 27.5 Å². The Morgan fingerprint density at radius 2 is 2.03 bits per heavy atom. The van der Waals surface area contributed by atoms with E-state index in [2.05, 4.69) is 25.7 Å². The number of imidazole rings is 1. The average molecular weight is 536 g/mol. The van der Waals surface area contributed by atoms with Crippen LogP contribution < -0.4 is 4.74 Å². The van der Waals surface area contributed by atoms with Crippen LogP contribution in [0.1, 0.15) is 41.0 Å². The molecule has 7 nitrogen and oxygen atoms in total. The smallest absolute Gasteiger partial charge is 0.387 e. The number of benzene rings is 1. The second kappa shape index (κ2) is 9.78. The lowest BCUT2D eigenvalue weighted by molar-refractivity contribution is -0.137. The summed E-state index contributed by atoms with van der Waals surface area (Å²) in [6.07, 6.45) is 0.609. The lowest BCUT2D eigenvalue weighted by atomic mass is 9.90. The Hall–Kier alpha value is -2.79. The number of nitrogens with zero attached hydrogens (tertiary/aromatic N) is 2. The van der Waals surface area contributed by atoms with Gasteiger partial charge >= 0.3 is 18.6 Å². The number of esters is 1. The molecule has 2 heterocycles. The second-order valence-electron chi connectivity index (χ2n) is 6.47. The topological polar surface area (TPSA) is 90.1 Å². The minimum atomic E-state index is -3.20. The standard InChI is InChI=1S/C20H15BrClF3N2O5/c1-2-31-19(30)17-18(27-8-12(21)13(23)7-15(27)26-17)11(6-16(28)29)10-5-9(22)3-4-14(10)32-20(24)25/h3-5,7-8,11,20H,2,6H2,1H3,(H,28,29). The number of halogens is 5. The third-order valence-corrected chi connectivity index (χ3v) is 5.26. The summed E-state index contributed by atoms with van der Waals surface area (Å²) in [6.45, 7) is -1.65. The molecule has 0 amide bonds. The minimum absolute atomic E-state index is 0.00304. The van der Waals surface area contributed by atoms with Gasteiger partial charge in [-0.25, -0.2) is 14.2 Å². The lowest BCUT2D eigenvalue weighted by Gasteiger charge is -2.20. The number of carboxylic acids is 1. The largest absolute Gasteiger partial charge is 0.481 e. The van der Waals surface area contributed by atoms with E-state index in [1.807, 2.05) is 0 Å². The molecule has 0 aliphatic heterocycles. The Kier molecular flexibility index (Phi) is 7.29. The molecule has 12 heteroatoms. The molecule has 1 N–H and O–H groups in total. The zero-order valence-corrected chi connectivity index (χ0v) is 18.7. The molecule has 3 aromatic rings. The van der Waals surface area contributed by atoms with Crippen LogP contribution in [0, 0.1) is 5.82 Å². The van der Waals surface area contributed by atoms with E-state index in [-0.39, 0.29) is 44.5 Å². The van der Waals surface area contributed by atoms with Crippen LogP contribution in [0.25, 0.3) is 5.65 Å². The van der Waals surface area contributed by atoms with Crippen molar-refractivity contribution >= 4 is 45.1 Å². The predicted molar refractivity (Wildman–Crippen MR) is 111 cm³/mol. The van der Waals surface area contributed by atoms with Gasteiger partial charge in [0.1, 0.15) is 17.2 Å². The fraction of sp³-hybridized carbons (Fsp3) is 0.250. The van der Waals surface area contributed by atoms with Gasteiger partial charge in [0.05, 0.1) is 23.2 Å². The normalized spacial score (nSPS) is 12.2. The van der Waals surface area contributed by atoms with Crippen molar-refractivity contribution in [2.75, 3.05) is 6.61 Å². The van der Waals surface area contributed by atoms with Crippen molar-refractivity contribution in [1.29, 1.82) is 0 Å². The lowest BCUT2D eigenvalue weighted by Crippen LogP contribution is -2.17. The van der Waals surface area contributed by atoms with Crippen LogP contribution in [0.5, 0.6) is 5.75 Å². The van der Waals surface area contributed by atoms with Gasteiger partial charge < -0.3 is 19.0 Å². The molecular formula is C20H15BrClF3N2O5. The fourth-order valence-electron chi connectivity index (χ4n) is 3.26. The number of aliphatic carboxylic acids is 1. The number of carbonyl (C=O) groups excluding carboxylic acids is 1. The number of fused-ring (bicyclic) bond motifs is 1. The number of alkyl halides is 2. The summed E-state index contributed by atoms with van der Waals surface area (Å²) in [5.41, 5.74) is -0.341. The highest BCUT2D eigenvalue weighted by Crippen LogP contribution is 2.39. The van der Waals surface area contributed by atoms with E-state index in [9.17, 15) is 27.9 Å². The van der Waals surface area contributed by atoms with Gasteiger partial charge in [-0.2, -0.15) is 8.78 Å². The van der Waals surface area contributed by atoms with Crippen molar-refractivity contribution in [2.45, 2.75) is 25.9 Å². The zero-order chi connectivity index (χ0) is 23.6. The molecule has 0 aliphatic carbocycles. The maximum Gasteiger partial charge on any atom is 0.387 e. The number of pyridine rings is 1. The molecule has 0 saturated carbocycles. The summed E-state index contributed by atoms with van der Waals surface area (Å²) in [6, 6.07) is 4.76. The Labute approximate surface area is 192 Å². The number of ether oxygens (including phenoxy) is 2. The molecule has 0 aliphatic rings. The van der Waals surface area contributed by atoms with Gasteiger partial charge in [-0.1, -0.05) is 11.6 Å². The summed E-state index contributed by atoms with van der Waals surface area (Å²) in [4.78, 5) is 28.5. The third-order valence-electron chi connectivity index (χ3n) is 4.44. The van der Waals surface area contributed by atoms with E-state index in [4.69, 9.17) is 16.3 Å². The van der Waals surface area contributed by atoms with Crippen molar-refractivity contribution in [2.24, 2.45) is 0 Å². The maximum absolute atomic E-state index is 14.1. The van der Waals surface area contributed by atoms with Gasteiger partial charge in [0.15, 0.2) is 5.69 Å². The monoisotopic (exact) mass is 534 g/mol. The molecule has 170 valence electrons. The number of carboxylic acid groups (broad SMARTS) is 1. The van der Waals surface area contributed by atoms with Gasteiger partial charge in [-0.3, -0.25) is 4.79 Å². The van der Waals surface area contributed by atoms with Crippen molar-refractivity contribution in [1.82, 2.24) is 9.38 Å². The van der Waals surface area contributed by atoms with Gasteiger partial charge in [0, 0.05) is 28.8 Å². The first-order valence-electron chi connectivity index (χ1n) is 9.12. The minimum Gasteiger partial charge on any atom is -0.481 e. The van der Waals surface area contributed by atoms with E-state index in [1.54, 1.807) is 6.92 Å². The van der Waals surface area contributed by atoms with E-state index >= 15 is 0 Å². The van der Waals surface area contributed by atoms with E-state index in [0.717, 1.165) is 6.07 Å². The molecule has 0 bridgehead atoms. The molecule has 3 rings (SSSR count). The first-order chi connectivity index (χ1) is 15.1. The Morgan fingerprint density at radius 3 is 2.66 bits per heavy atom. The summed E-state index contributed by atoms with van der Waals surface area (Å²) in [5, 5.41) is 9.67. The Bertz CT molecular complexity index is 1190. The number of carbonyl (C=O) groups is 2. The molecule has 1 aromatic carbocycles. The van der Waals surface area contributed by atoms with Crippen molar-refractivity contribution in [3.05, 3.63) is 62.7 Å². The van der Waals surface area contributed by atoms with Crippen molar-refractivity contribution < 1.29 is 37.3 Å². The quantitative estimate of drug-likeness (QED) is 0.395. The summed E-state index contributed by atoms with van der Waals surface area (Å²) in [5.74, 6) is -4.43. The molecule has 0 fully saturated rings. The highest BCUT2D eigenvalue weighted by molar-refractivity contribution is 9.10. The molecule has 1 unspecified atom stereocenters. The predicted octanol–water partition coefficient (Wildman–Crippen LogP) is 5.27. The van der Waals surface area contributed by atoms with E-state index in [0.29, 0.717) is 0 Å². The molecule has 0 spiro atoms. The SMILES string of the molecule is CCOC(=O)c1nc2cc(F)c(Br)cn2c1C(CC(=O)O)c1cc(Cl)ccc1OC(F)F. The number of rotatable bonds is 8. The molecule has 2 aromatic heterocycles. The van der Waals surface area contributed by atoms with Gasteiger partial charge in [0.25, 0.3) is 0 Å². The molecule has 0 radical (unpaired) electrons. The molecule has 32 heavy (non-hydrogen) atoms. The first-order valence-corrected chi connectivity index (χ1v) is 10.3. The highest BCUT2D eigenvalue weighted by atomic mass is 79.9. The Morgan fingerprint density at radius 1 is 1.31 bits per heavy atom. The van der Waals surface area contributed by atoms with Crippen LogP contribution in [0.2, 0.25) is 5.02 Å². The van der Waals surface area contributed by atoms with E-state index < -0.39 is 36.7 Å². The fourth-order valence-corrected chi connectivity index (χ4v) is 3.76. The molecular weight excluding hydrogens is 521 g/mol. The van der Waals surface area contributed by atoms with Crippen LogP contribution in [-0.2, 0) is 9.53 Å². The van der Waals surface area contributed by atoms with Gasteiger partial charge in [0.2, 0.25) is 0 Å². The summed E-state index contributed by atoms with van der Waals surface area (Å²) in [7, 11) is 0. The van der Waals surface area contributed by atoms with Crippen LogP contribution in [0.4, 0.5) is 13.2 Å². The zero-order valence-electron chi connectivity index (χ0n) is 16.3. The van der Waals surface area contributed by atoms with E-state index in [1.165, 1.54) is 28.8 Å². The van der Waals surface area contributed by atoms with Crippen molar-refractivity contribution in [3.63, 3.8) is 0 Å². The number of aromatic nitrogens is 2. The third kappa shape index (κ3) is 4.99. The first kappa shape index (κ1) is 23.9.